The zero-order chi connectivity index (χ0) is 28.0. The van der Waals surface area contributed by atoms with Gasteiger partial charge in [0, 0.05) is 6.42 Å². The number of carbonyl (C=O) groups excluding carboxylic acids is 1. The second-order valence-electron chi connectivity index (χ2n) is 10.5. The zero-order valence-corrected chi connectivity index (χ0v) is 22.5. The van der Waals surface area contributed by atoms with E-state index in [2.05, 4.69) is 4.72 Å². The summed E-state index contributed by atoms with van der Waals surface area (Å²) in [5.74, 6) is 0.427. The van der Waals surface area contributed by atoms with E-state index in [0.29, 0.717) is 22.6 Å². The molecular formula is C29H30FNO7S. The van der Waals surface area contributed by atoms with Crippen LogP contribution in [0.3, 0.4) is 0 Å². The number of fused-ring (bicyclic) bond motifs is 1. The Morgan fingerprint density at radius 3 is 2.41 bits per heavy atom. The summed E-state index contributed by atoms with van der Waals surface area (Å²) in [6.45, 7) is 2.01. The third kappa shape index (κ3) is 5.17. The van der Waals surface area contributed by atoms with Crippen molar-refractivity contribution in [3.05, 3.63) is 77.1 Å². The largest absolute Gasteiger partial charge is 0.454 e. The van der Waals surface area contributed by atoms with Gasteiger partial charge in [-0.25, -0.2) is 17.5 Å². The fourth-order valence-corrected chi connectivity index (χ4v) is 6.32. The van der Waals surface area contributed by atoms with E-state index in [4.69, 9.17) is 9.47 Å². The molecule has 0 saturated heterocycles. The van der Waals surface area contributed by atoms with E-state index in [9.17, 15) is 23.4 Å². The van der Waals surface area contributed by atoms with Gasteiger partial charge in [-0.05, 0) is 78.8 Å². The Hall–Kier alpha value is -3.31. The maximum Gasteiger partial charge on any atom is 0.244 e. The minimum Gasteiger partial charge on any atom is -0.454 e. The Labute approximate surface area is 226 Å². The Morgan fingerprint density at radius 2 is 1.74 bits per heavy atom. The number of aryl methyl sites for hydroxylation is 1. The van der Waals surface area contributed by atoms with Crippen LogP contribution in [0.5, 0.6) is 11.5 Å². The van der Waals surface area contributed by atoms with Crippen LogP contribution in [0.25, 0.3) is 11.1 Å². The van der Waals surface area contributed by atoms with Crippen LogP contribution in [0.2, 0.25) is 0 Å². The number of halogens is 1. The van der Waals surface area contributed by atoms with Crippen molar-refractivity contribution in [2.24, 2.45) is 0 Å². The normalized spacial score (nSPS) is 15.8. The predicted molar refractivity (Wildman–Crippen MR) is 142 cm³/mol. The number of nitrogens with one attached hydrogen (secondary N) is 1. The fraction of sp³-hybridized carbons (Fsp3) is 0.345. The first-order valence-electron chi connectivity index (χ1n) is 12.6. The lowest BCUT2D eigenvalue weighted by Gasteiger charge is -2.25. The molecule has 0 unspecified atom stereocenters. The quantitative estimate of drug-likeness (QED) is 0.351. The minimum absolute atomic E-state index is 0.0886. The zero-order valence-electron chi connectivity index (χ0n) is 21.7. The summed E-state index contributed by atoms with van der Waals surface area (Å²) in [6.07, 6.45) is 1.71. The van der Waals surface area contributed by atoms with Gasteiger partial charge >= 0.3 is 0 Å². The van der Waals surface area contributed by atoms with Gasteiger partial charge in [0.2, 0.25) is 16.8 Å². The van der Waals surface area contributed by atoms with Crippen LogP contribution in [-0.4, -0.2) is 50.0 Å². The smallest absolute Gasteiger partial charge is 0.244 e. The number of sulfonamides is 1. The number of ether oxygens (including phenoxy) is 2. The number of hydrogen-bond donors (Lipinski definition) is 3. The fourth-order valence-electron chi connectivity index (χ4n) is 4.87. The summed E-state index contributed by atoms with van der Waals surface area (Å²) in [5, 5.41) is 18.8. The van der Waals surface area contributed by atoms with Gasteiger partial charge in [0.05, 0.1) is 24.2 Å². The summed E-state index contributed by atoms with van der Waals surface area (Å²) >= 11 is 0. The lowest BCUT2D eigenvalue weighted by molar-refractivity contribution is -0.120. The Bertz CT molecular complexity index is 1550. The van der Waals surface area contributed by atoms with Crippen molar-refractivity contribution in [3.8, 4) is 22.6 Å². The maximum atomic E-state index is 15.1. The predicted octanol–water partition coefficient (Wildman–Crippen LogP) is 3.39. The highest BCUT2D eigenvalue weighted by Gasteiger charge is 2.50. The highest BCUT2D eigenvalue weighted by atomic mass is 32.2. The molecule has 2 aliphatic rings. The molecule has 1 aliphatic carbocycles. The number of benzene rings is 3. The third-order valence-electron chi connectivity index (χ3n) is 7.49. The van der Waals surface area contributed by atoms with E-state index in [0.717, 1.165) is 41.7 Å². The summed E-state index contributed by atoms with van der Waals surface area (Å²) in [5.41, 5.74) is 1.56. The number of rotatable bonds is 10. The van der Waals surface area contributed by atoms with Crippen molar-refractivity contribution >= 4 is 15.8 Å². The molecule has 8 nitrogen and oxygen atoms in total. The second kappa shape index (κ2) is 10.0. The molecule has 0 radical (unpaired) electrons. The van der Waals surface area contributed by atoms with Crippen molar-refractivity contribution < 1.29 is 37.3 Å². The summed E-state index contributed by atoms with van der Waals surface area (Å²) < 4.78 is 53.6. The Morgan fingerprint density at radius 1 is 1.03 bits per heavy atom. The number of hydrogen-bond acceptors (Lipinski definition) is 7. The number of Topliss-reactive ketones (excluding diaryl/α,β-unsaturated/α-hetero) is 1. The monoisotopic (exact) mass is 555 g/mol. The average molecular weight is 556 g/mol. The molecule has 1 saturated carbocycles. The topological polar surface area (TPSA) is 122 Å². The second-order valence-corrected chi connectivity index (χ2v) is 12.2. The number of aliphatic hydroxyl groups excluding tert-OH is 2. The van der Waals surface area contributed by atoms with Crippen LogP contribution in [0.1, 0.15) is 36.5 Å². The van der Waals surface area contributed by atoms with Crippen LogP contribution >= 0.6 is 0 Å². The van der Waals surface area contributed by atoms with Crippen molar-refractivity contribution in [3.63, 3.8) is 0 Å². The molecule has 1 heterocycles. The highest BCUT2D eigenvalue weighted by Crippen LogP contribution is 2.51. The van der Waals surface area contributed by atoms with E-state index in [1.165, 1.54) is 13.0 Å². The lowest BCUT2D eigenvalue weighted by atomic mass is 9.87. The summed E-state index contributed by atoms with van der Waals surface area (Å²) in [6, 6.07) is 15.0. The molecule has 1 fully saturated rings. The van der Waals surface area contributed by atoms with Crippen LogP contribution < -0.4 is 14.2 Å². The SMILES string of the molecule is Cc1ccc(CC(=O)C2(c3ccc4c(c3)OCO4)CC2)cc1-c1ccc(S(=O)(=O)NC(C)(CO)CO)c(F)c1. The van der Waals surface area contributed by atoms with Crippen molar-refractivity contribution in [1.29, 1.82) is 0 Å². The highest BCUT2D eigenvalue weighted by molar-refractivity contribution is 7.89. The molecule has 5 rings (SSSR count). The molecule has 0 bridgehead atoms. The third-order valence-corrected chi connectivity index (χ3v) is 9.16. The Kier molecular flexibility index (Phi) is 7.00. The van der Waals surface area contributed by atoms with Crippen molar-refractivity contribution in [1.82, 2.24) is 4.72 Å². The lowest BCUT2D eigenvalue weighted by Crippen LogP contribution is -2.51. The molecule has 3 N–H and O–H groups in total. The van der Waals surface area contributed by atoms with Gasteiger partial charge in [0.1, 0.15) is 16.5 Å². The van der Waals surface area contributed by atoms with Crippen LogP contribution in [0, 0.1) is 12.7 Å². The van der Waals surface area contributed by atoms with E-state index in [1.807, 2.05) is 43.3 Å². The van der Waals surface area contributed by atoms with Gasteiger partial charge < -0.3 is 19.7 Å². The van der Waals surface area contributed by atoms with E-state index in [1.54, 1.807) is 0 Å². The molecular weight excluding hydrogens is 525 g/mol. The van der Waals surface area contributed by atoms with E-state index >= 15 is 4.39 Å². The average Bonchev–Trinajstić information content (AvgIpc) is 3.59. The van der Waals surface area contributed by atoms with E-state index in [-0.39, 0.29) is 19.0 Å². The number of ketones is 1. The van der Waals surface area contributed by atoms with Gasteiger partial charge in [-0.2, -0.15) is 0 Å². The van der Waals surface area contributed by atoms with Gasteiger partial charge in [-0.15, -0.1) is 0 Å². The first kappa shape index (κ1) is 27.3. The molecule has 0 spiro atoms. The molecule has 10 heteroatoms. The molecule has 3 aromatic rings. The van der Waals surface area contributed by atoms with Crippen LogP contribution in [-0.2, 0) is 26.7 Å². The summed E-state index contributed by atoms with van der Waals surface area (Å²) in [4.78, 5) is 12.9. The van der Waals surface area contributed by atoms with Crippen LogP contribution in [0.4, 0.5) is 4.39 Å². The molecule has 39 heavy (non-hydrogen) atoms. The van der Waals surface area contributed by atoms with Gasteiger partial charge in [-0.3, -0.25) is 4.79 Å². The molecule has 0 amide bonds. The van der Waals surface area contributed by atoms with Crippen molar-refractivity contribution in [2.45, 2.75) is 49.0 Å². The van der Waals surface area contributed by atoms with E-state index < -0.39 is 44.9 Å². The number of carbonyl (C=O) groups is 1. The molecule has 0 atom stereocenters. The molecule has 206 valence electrons. The molecule has 3 aromatic carbocycles. The van der Waals surface area contributed by atoms with Crippen molar-refractivity contribution in [2.75, 3.05) is 20.0 Å². The Balaban J connectivity index is 1.38. The molecule has 1 aliphatic heterocycles. The first-order chi connectivity index (χ1) is 18.5. The van der Waals surface area contributed by atoms with Gasteiger partial charge in [-0.1, -0.05) is 30.3 Å². The number of aliphatic hydroxyl groups is 2. The first-order valence-corrected chi connectivity index (χ1v) is 14.1. The van der Waals surface area contributed by atoms with Gasteiger partial charge in [0.25, 0.3) is 0 Å². The maximum absolute atomic E-state index is 15.1. The summed E-state index contributed by atoms with van der Waals surface area (Å²) in [7, 11) is -4.35. The van der Waals surface area contributed by atoms with Crippen LogP contribution in [0.15, 0.2) is 59.5 Å². The minimum atomic E-state index is -4.35. The molecule has 0 aromatic heterocycles. The standard InChI is InChI=1S/C29H30FNO7S/c1-18-3-4-19(12-27(34)29(9-10-29)21-6-7-24-25(14-21)38-17-37-24)11-22(18)20-5-8-26(23(30)13-20)39(35,36)31-28(2,15-32)16-33/h3-8,11,13-14,31-33H,9-10,12,15-17H2,1-2H3. The van der Waals surface area contributed by atoms with Gasteiger partial charge in [0.15, 0.2) is 11.5 Å².